The van der Waals surface area contributed by atoms with Crippen molar-refractivity contribution in [1.82, 2.24) is 9.78 Å². The molecule has 0 spiro atoms. The third-order valence-electron chi connectivity index (χ3n) is 3.57. The maximum Gasteiger partial charge on any atom is 0.389 e. The number of anilines is 1. The number of aromatic nitrogens is 2. The van der Waals surface area contributed by atoms with E-state index in [1.807, 2.05) is 37.3 Å². The fourth-order valence-corrected chi connectivity index (χ4v) is 3.43. The van der Waals surface area contributed by atoms with Gasteiger partial charge >= 0.3 is 6.18 Å². The summed E-state index contributed by atoms with van der Waals surface area (Å²) in [4.78, 5) is 13.9. The molecule has 0 N–H and O–H groups in total. The van der Waals surface area contributed by atoms with Crippen molar-refractivity contribution < 1.29 is 18.0 Å². The summed E-state index contributed by atoms with van der Waals surface area (Å²) < 4.78 is 37.9. The summed E-state index contributed by atoms with van der Waals surface area (Å²) >= 11 is 7.31. The molecule has 4 nitrogen and oxygen atoms in total. The Morgan fingerprint density at radius 3 is 2.58 bits per heavy atom. The number of benzene rings is 1. The second kappa shape index (κ2) is 9.32. The first-order valence-corrected chi connectivity index (χ1v) is 9.60. The van der Waals surface area contributed by atoms with Crippen LogP contribution >= 0.6 is 23.4 Å². The van der Waals surface area contributed by atoms with Gasteiger partial charge in [-0.3, -0.25) is 4.79 Å². The zero-order valence-electron chi connectivity index (χ0n) is 14.2. The van der Waals surface area contributed by atoms with Gasteiger partial charge < -0.3 is 4.90 Å². The molecule has 0 atom stereocenters. The van der Waals surface area contributed by atoms with Crippen LogP contribution in [-0.4, -0.2) is 39.9 Å². The first-order chi connectivity index (χ1) is 12.3. The molecule has 0 fully saturated rings. The lowest BCUT2D eigenvalue weighted by molar-refractivity contribution is -0.129. The SMILES string of the molecule is CCN(C(=O)CCSCCC(F)(F)F)c1cn(-c2ccccc2)nc1Cl. The summed E-state index contributed by atoms with van der Waals surface area (Å²) in [5.41, 5.74) is 1.30. The number of carbonyl (C=O) groups excluding carboxylic acids is 1. The van der Waals surface area contributed by atoms with E-state index in [4.69, 9.17) is 11.6 Å². The van der Waals surface area contributed by atoms with Gasteiger partial charge in [0.05, 0.1) is 18.3 Å². The Labute approximate surface area is 159 Å². The van der Waals surface area contributed by atoms with Crippen molar-refractivity contribution in [2.24, 2.45) is 0 Å². The van der Waals surface area contributed by atoms with Crippen molar-refractivity contribution in [3.05, 3.63) is 41.7 Å². The number of thioether (sulfide) groups is 1. The number of rotatable bonds is 8. The summed E-state index contributed by atoms with van der Waals surface area (Å²) in [7, 11) is 0. The van der Waals surface area contributed by atoms with E-state index < -0.39 is 12.6 Å². The molecule has 2 aromatic rings. The molecule has 2 rings (SSSR count). The maximum absolute atomic E-state index is 12.4. The minimum Gasteiger partial charge on any atom is -0.308 e. The van der Waals surface area contributed by atoms with Gasteiger partial charge in [-0.05, 0) is 19.1 Å². The molecule has 0 saturated carbocycles. The Bertz CT molecular complexity index is 722. The predicted molar refractivity (Wildman–Crippen MR) is 99.2 cm³/mol. The number of carbonyl (C=O) groups is 1. The van der Waals surface area contributed by atoms with Crippen LogP contribution in [0.2, 0.25) is 5.15 Å². The summed E-state index contributed by atoms with van der Waals surface area (Å²) in [6.07, 6.45) is -3.19. The second-order valence-electron chi connectivity index (χ2n) is 5.45. The molecule has 9 heteroatoms. The molecule has 1 heterocycles. The highest BCUT2D eigenvalue weighted by atomic mass is 35.5. The lowest BCUT2D eigenvalue weighted by atomic mass is 10.3. The minimum atomic E-state index is -4.16. The maximum atomic E-state index is 12.4. The van der Waals surface area contributed by atoms with Gasteiger partial charge in [0.1, 0.15) is 5.69 Å². The third kappa shape index (κ3) is 5.95. The molecule has 0 unspecified atom stereocenters. The average molecular weight is 406 g/mol. The topological polar surface area (TPSA) is 38.1 Å². The Kier molecular flexibility index (Phi) is 7.40. The van der Waals surface area contributed by atoms with Gasteiger partial charge in [-0.2, -0.15) is 30.0 Å². The first kappa shape index (κ1) is 20.6. The van der Waals surface area contributed by atoms with Gasteiger partial charge in [-0.15, -0.1) is 0 Å². The molecule has 1 aromatic heterocycles. The van der Waals surface area contributed by atoms with Gasteiger partial charge in [0, 0.05) is 24.5 Å². The fourth-order valence-electron chi connectivity index (χ4n) is 2.30. The molecule has 0 radical (unpaired) electrons. The third-order valence-corrected chi connectivity index (χ3v) is 4.83. The average Bonchev–Trinajstić information content (AvgIpc) is 2.97. The number of hydrogen-bond donors (Lipinski definition) is 0. The first-order valence-electron chi connectivity index (χ1n) is 8.07. The second-order valence-corrected chi connectivity index (χ2v) is 7.03. The molecule has 0 aliphatic rings. The van der Waals surface area contributed by atoms with E-state index in [0.717, 1.165) is 17.4 Å². The van der Waals surface area contributed by atoms with E-state index in [1.54, 1.807) is 10.9 Å². The predicted octanol–water partition coefficient (Wildman–Crippen LogP) is 4.95. The van der Waals surface area contributed by atoms with Crippen LogP contribution in [0.25, 0.3) is 5.69 Å². The quantitative estimate of drug-likeness (QED) is 0.583. The Morgan fingerprint density at radius 2 is 1.96 bits per heavy atom. The zero-order chi connectivity index (χ0) is 19.2. The van der Waals surface area contributed by atoms with Crippen LogP contribution in [0.15, 0.2) is 36.5 Å². The van der Waals surface area contributed by atoms with Crippen molar-refractivity contribution in [3.63, 3.8) is 0 Å². The van der Waals surface area contributed by atoms with Gasteiger partial charge in [0.15, 0.2) is 5.15 Å². The molecule has 1 aromatic carbocycles. The van der Waals surface area contributed by atoms with Crippen molar-refractivity contribution >= 4 is 35.0 Å². The number of amides is 1. The van der Waals surface area contributed by atoms with E-state index in [-0.39, 0.29) is 23.2 Å². The summed E-state index contributed by atoms with van der Waals surface area (Å²) in [5.74, 6) is 0.0902. The van der Waals surface area contributed by atoms with Crippen molar-refractivity contribution in [2.75, 3.05) is 23.0 Å². The molecule has 142 valence electrons. The van der Waals surface area contributed by atoms with E-state index in [9.17, 15) is 18.0 Å². The van der Waals surface area contributed by atoms with Gasteiger partial charge in [0.2, 0.25) is 5.91 Å². The van der Waals surface area contributed by atoms with Crippen LogP contribution in [-0.2, 0) is 4.79 Å². The Balaban J connectivity index is 1.97. The van der Waals surface area contributed by atoms with E-state index in [1.165, 1.54) is 4.90 Å². The van der Waals surface area contributed by atoms with E-state index in [0.29, 0.717) is 18.0 Å². The normalized spacial score (nSPS) is 11.6. The van der Waals surface area contributed by atoms with E-state index in [2.05, 4.69) is 5.10 Å². The number of halogens is 4. The monoisotopic (exact) mass is 405 g/mol. The lowest BCUT2D eigenvalue weighted by Crippen LogP contribution is -2.30. The van der Waals surface area contributed by atoms with Crippen LogP contribution in [0, 0.1) is 0 Å². The molecule has 0 bridgehead atoms. The van der Waals surface area contributed by atoms with Crippen LogP contribution in [0.1, 0.15) is 19.8 Å². The summed E-state index contributed by atoms with van der Waals surface area (Å²) in [6.45, 7) is 2.21. The number of alkyl halides is 3. The van der Waals surface area contributed by atoms with Gasteiger partial charge in [0.25, 0.3) is 0 Å². The zero-order valence-corrected chi connectivity index (χ0v) is 15.7. The standard InChI is InChI=1S/C17H19ClF3N3OS/c1-2-23(15(25)8-10-26-11-9-17(19,20)21)14-12-24(22-16(14)18)13-6-4-3-5-7-13/h3-7,12H,2,8-11H2,1H3. The van der Waals surface area contributed by atoms with E-state index >= 15 is 0 Å². The summed E-state index contributed by atoms with van der Waals surface area (Å²) in [5, 5.41) is 4.43. The van der Waals surface area contributed by atoms with Crippen LogP contribution in [0.5, 0.6) is 0 Å². The van der Waals surface area contributed by atoms with Crippen molar-refractivity contribution in [2.45, 2.75) is 25.9 Å². The Hall–Kier alpha value is -1.67. The molecular weight excluding hydrogens is 387 g/mol. The van der Waals surface area contributed by atoms with Crippen LogP contribution in [0.4, 0.5) is 18.9 Å². The molecular formula is C17H19ClF3N3OS. The van der Waals surface area contributed by atoms with Gasteiger partial charge in [-0.1, -0.05) is 29.8 Å². The lowest BCUT2D eigenvalue weighted by Gasteiger charge is -2.19. The largest absolute Gasteiger partial charge is 0.389 e. The smallest absolute Gasteiger partial charge is 0.308 e. The molecule has 0 aliphatic carbocycles. The molecule has 26 heavy (non-hydrogen) atoms. The number of hydrogen-bond acceptors (Lipinski definition) is 3. The highest BCUT2D eigenvalue weighted by Gasteiger charge is 2.26. The van der Waals surface area contributed by atoms with Crippen molar-refractivity contribution in [3.8, 4) is 5.69 Å². The van der Waals surface area contributed by atoms with Gasteiger partial charge in [-0.25, -0.2) is 4.68 Å². The number of para-hydroxylation sites is 1. The van der Waals surface area contributed by atoms with Crippen LogP contribution < -0.4 is 4.90 Å². The number of nitrogens with zero attached hydrogens (tertiary/aromatic N) is 3. The summed E-state index contributed by atoms with van der Waals surface area (Å²) in [6, 6.07) is 9.34. The minimum absolute atomic E-state index is 0.0460. The molecule has 0 aliphatic heterocycles. The molecule has 1 amide bonds. The highest BCUT2D eigenvalue weighted by Crippen LogP contribution is 2.27. The fraction of sp³-hybridized carbons (Fsp3) is 0.412. The van der Waals surface area contributed by atoms with Crippen LogP contribution in [0.3, 0.4) is 0 Å². The Morgan fingerprint density at radius 1 is 1.27 bits per heavy atom. The highest BCUT2D eigenvalue weighted by molar-refractivity contribution is 7.99. The van der Waals surface area contributed by atoms with Crippen molar-refractivity contribution in [1.29, 1.82) is 0 Å². The molecule has 0 saturated heterocycles.